The molecule has 0 radical (unpaired) electrons. The second-order valence-electron chi connectivity index (χ2n) is 7.63. The smallest absolute Gasteiger partial charge is 0.223 e. The highest BCUT2D eigenvalue weighted by Crippen LogP contribution is 2.25. The number of hydrogen-bond donors (Lipinski definition) is 1. The van der Waals surface area contributed by atoms with E-state index in [1.165, 1.54) is 24.0 Å². The van der Waals surface area contributed by atoms with Crippen molar-refractivity contribution in [1.82, 2.24) is 10.2 Å². The Bertz CT molecular complexity index is 600. The molecule has 1 aromatic rings. The first kappa shape index (κ1) is 18.0. The molecule has 1 aliphatic carbocycles. The highest BCUT2D eigenvalue weighted by atomic mass is 16.2. The molecule has 1 saturated carbocycles. The van der Waals surface area contributed by atoms with Crippen LogP contribution in [0.4, 0.5) is 0 Å². The second-order valence-corrected chi connectivity index (χ2v) is 7.63. The number of nitrogens with zero attached hydrogens (tertiary/aromatic N) is 1. The van der Waals surface area contributed by atoms with Gasteiger partial charge in [-0.25, -0.2) is 0 Å². The summed E-state index contributed by atoms with van der Waals surface area (Å²) in [5.41, 5.74) is 2.47. The fourth-order valence-corrected chi connectivity index (χ4v) is 4.06. The maximum Gasteiger partial charge on any atom is 0.223 e. The van der Waals surface area contributed by atoms with Crippen molar-refractivity contribution in [3.8, 4) is 0 Å². The van der Waals surface area contributed by atoms with Crippen LogP contribution >= 0.6 is 0 Å². The fourth-order valence-electron chi connectivity index (χ4n) is 4.06. The topological polar surface area (TPSA) is 49.4 Å². The molecule has 2 fully saturated rings. The average molecular weight is 342 g/mol. The molecule has 2 amide bonds. The van der Waals surface area contributed by atoms with Gasteiger partial charge in [0.2, 0.25) is 11.8 Å². The largest absolute Gasteiger partial charge is 0.353 e. The lowest BCUT2D eigenvalue weighted by Gasteiger charge is -2.33. The summed E-state index contributed by atoms with van der Waals surface area (Å²) in [7, 11) is 0. The summed E-state index contributed by atoms with van der Waals surface area (Å²) < 4.78 is 0. The summed E-state index contributed by atoms with van der Waals surface area (Å²) in [6.07, 6.45) is 7.60. The molecule has 1 saturated heterocycles. The predicted molar refractivity (Wildman–Crippen MR) is 99.2 cm³/mol. The van der Waals surface area contributed by atoms with E-state index in [1.807, 2.05) is 11.0 Å². The molecule has 0 atom stereocenters. The predicted octanol–water partition coefficient (Wildman–Crippen LogP) is 3.23. The number of benzene rings is 1. The number of amides is 2. The van der Waals surface area contributed by atoms with Gasteiger partial charge in [-0.1, -0.05) is 42.7 Å². The molecular formula is C21H30N2O2. The molecule has 1 aliphatic heterocycles. The molecule has 0 aromatic heterocycles. The van der Waals surface area contributed by atoms with Gasteiger partial charge in [-0.2, -0.15) is 0 Å². The van der Waals surface area contributed by atoms with Gasteiger partial charge < -0.3 is 10.2 Å². The van der Waals surface area contributed by atoms with Crippen molar-refractivity contribution in [1.29, 1.82) is 0 Å². The van der Waals surface area contributed by atoms with Gasteiger partial charge in [-0.15, -0.1) is 0 Å². The van der Waals surface area contributed by atoms with Crippen LogP contribution in [0.15, 0.2) is 24.3 Å². The zero-order chi connectivity index (χ0) is 17.6. The van der Waals surface area contributed by atoms with Crippen LogP contribution in [-0.4, -0.2) is 35.8 Å². The normalized spacial score (nSPS) is 19.2. The Kier molecular flexibility index (Phi) is 6.11. The highest BCUT2D eigenvalue weighted by molar-refractivity contribution is 5.79. The van der Waals surface area contributed by atoms with Gasteiger partial charge in [0, 0.05) is 31.5 Å². The molecule has 1 heterocycles. The summed E-state index contributed by atoms with van der Waals surface area (Å²) in [5, 5.41) is 3.21. The third-order valence-corrected chi connectivity index (χ3v) is 5.63. The van der Waals surface area contributed by atoms with Gasteiger partial charge >= 0.3 is 0 Å². The van der Waals surface area contributed by atoms with E-state index in [0.29, 0.717) is 6.42 Å². The minimum absolute atomic E-state index is 0.231. The molecule has 1 N–H and O–H groups in total. The first-order valence-electron chi connectivity index (χ1n) is 9.75. The van der Waals surface area contributed by atoms with Crippen LogP contribution in [0.25, 0.3) is 0 Å². The lowest BCUT2D eigenvalue weighted by atomic mass is 10.0. The standard InChI is InChI=1S/C21H30N2O2/c1-16-5-4-6-17(15-16)9-10-20(24)23-13-11-19(12-14-23)22-21(25)18-7-2-3-8-18/h4-6,15,18-19H,2-3,7-14H2,1H3,(H,22,25). The van der Waals surface area contributed by atoms with Crippen LogP contribution in [0, 0.1) is 12.8 Å². The lowest BCUT2D eigenvalue weighted by molar-refractivity contribution is -0.132. The Morgan fingerprint density at radius 1 is 1.12 bits per heavy atom. The van der Waals surface area contributed by atoms with E-state index in [2.05, 4.69) is 30.4 Å². The number of carbonyl (C=O) groups is 2. The molecule has 136 valence electrons. The molecule has 25 heavy (non-hydrogen) atoms. The van der Waals surface area contributed by atoms with E-state index in [1.54, 1.807) is 0 Å². The van der Waals surface area contributed by atoms with Crippen molar-refractivity contribution in [3.63, 3.8) is 0 Å². The van der Waals surface area contributed by atoms with Crippen LogP contribution in [-0.2, 0) is 16.0 Å². The molecule has 3 rings (SSSR count). The average Bonchev–Trinajstić information content (AvgIpc) is 3.15. The van der Waals surface area contributed by atoms with E-state index < -0.39 is 0 Å². The van der Waals surface area contributed by atoms with E-state index in [9.17, 15) is 9.59 Å². The zero-order valence-electron chi connectivity index (χ0n) is 15.3. The zero-order valence-corrected chi connectivity index (χ0v) is 15.3. The van der Waals surface area contributed by atoms with Crippen molar-refractivity contribution in [3.05, 3.63) is 35.4 Å². The molecule has 0 spiro atoms. The van der Waals surface area contributed by atoms with Crippen LogP contribution in [0.1, 0.15) is 56.1 Å². The summed E-state index contributed by atoms with van der Waals surface area (Å²) >= 11 is 0. The summed E-state index contributed by atoms with van der Waals surface area (Å²) in [5.74, 6) is 0.706. The first-order valence-corrected chi connectivity index (χ1v) is 9.75. The summed E-state index contributed by atoms with van der Waals surface area (Å²) in [6.45, 7) is 3.61. The monoisotopic (exact) mass is 342 g/mol. The molecule has 0 unspecified atom stereocenters. The minimum atomic E-state index is 0.231. The van der Waals surface area contributed by atoms with E-state index in [4.69, 9.17) is 0 Å². The molecular weight excluding hydrogens is 312 g/mol. The van der Waals surface area contributed by atoms with Gasteiger partial charge in [-0.3, -0.25) is 9.59 Å². The Balaban J connectivity index is 1.39. The van der Waals surface area contributed by atoms with E-state index in [-0.39, 0.29) is 23.8 Å². The van der Waals surface area contributed by atoms with Gasteiger partial charge in [-0.05, 0) is 44.6 Å². The summed E-state index contributed by atoms with van der Waals surface area (Å²) in [6, 6.07) is 8.61. The van der Waals surface area contributed by atoms with Gasteiger partial charge in [0.15, 0.2) is 0 Å². The fraction of sp³-hybridized carbons (Fsp3) is 0.619. The number of rotatable bonds is 5. The number of likely N-dealkylation sites (tertiary alicyclic amines) is 1. The van der Waals surface area contributed by atoms with Gasteiger partial charge in [0.1, 0.15) is 0 Å². The van der Waals surface area contributed by atoms with Crippen molar-refractivity contribution in [2.45, 2.75) is 64.3 Å². The molecule has 2 aliphatic rings. The SMILES string of the molecule is Cc1cccc(CCC(=O)N2CCC(NC(=O)C3CCCC3)CC2)c1. The van der Waals surface area contributed by atoms with Crippen LogP contribution in [0.5, 0.6) is 0 Å². The first-order chi connectivity index (χ1) is 12.1. The Hall–Kier alpha value is -1.84. The van der Waals surface area contributed by atoms with Crippen molar-refractivity contribution >= 4 is 11.8 Å². The van der Waals surface area contributed by atoms with Gasteiger partial charge in [0.25, 0.3) is 0 Å². The number of nitrogens with one attached hydrogen (secondary N) is 1. The number of carbonyl (C=O) groups excluding carboxylic acids is 2. The number of piperidine rings is 1. The van der Waals surface area contributed by atoms with E-state index in [0.717, 1.165) is 45.2 Å². The third-order valence-electron chi connectivity index (χ3n) is 5.63. The molecule has 1 aromatic carbocycles. The Morgan fingerprint density at radius 3 is 2.52 bits per heavy atom. The quantitative estimate of drug-likeness (QED) is 0.893. The number of aryl methyl sites for hydroxylation is 2. The maximum atomic E-state index is 12.4. The molecule has 0 bridgehead atoms. The highest BCUT2D eigenvalue weighted by Gasteiger charge is 2.27. The third kappa shape index (κ3) is 5.07. The number of hydrogen-bond acceptors (Lipinski definition) is 2. The van der Waals surface area contributed by atoms with Crippen LogP contribution in [0.3, 0.4) is 0 Å². The Labute approximate surface area is 151 Å². The van der Waals surface area contributed by atoms with Crippen molar-refractivity contribution in [2.24, 2.45) is 5.92 Å². The van der Waals surface area contributed by atoms with Crippen LogP contribution < -0.4 is 5.32 Å². The second kappa shape index (κ2) is 8.50. The van der Waals surface area contributed by atoms with Gasteiger partial charge in [0.05, 0.1) is 0 Å². The minimum Gasteiger partial charge on any atom is -0.353 e. The molecule has 4 heteroatoms. The van der Waals surface area contributed by atoms with Crippen molar-refractivity contribution in [2.75, 3.05) is 13.1 Å². The summed E-state index contributed by atoms with van der Waals surface area (Å²) in [4.78, 5) is 26.6. The maximum absolute atomic E-state index is 12.4. The van der Waals surface area contributed by atoms with Crippen LogP contribution in [0.2, 0.25) is 0 Å². The van der Waals surface area contributed by atoms with E-state index >= 15 is 0 Å². The van der Waals surface area contributed by atoms with Crippen molar-refractivity contribution < 1.29 is 9.59 Å². The lowest BCUT2D eigenvalue weighted by Crippen LogP contribution is -2.47. The Morgan fingerprint density at radius 2 is 1.84 bits per heavy atom. The molecule has 4 nitrogen and oxygen atoms in total.